The van der Waals surface area contributed by atoms with Gasteiger partial charge < -0.3 is 30.4 Å². The van der Waals surface area contributed by atoms with Crippen LogP contribution < -0.4 is 20.8 Å². The molecule has 202 valence electrons. The molecule has 8 nitrogen and oxygen atoms in total. The van der Waals surface area contributed by atoms with Crippen molar-refractivity contribution in [2.45, 2.75) is 101 Å². The molecule has 0 aliphatic carbocycles. The van der Waals surface area contributed by atoms with E-state index in [1.807, 2.05) is 0 Å². The first-order chi connectivity index (χ1) is 15.9. The van der Waals surface area contributed by atoms with E-state index in [0.717, 1.165) is 62.9 Å². The Bertz CT molecular complexity index is 561. The van der Waals surface area contributed by atoms with Gasteiger partial charge in [-0.25, -0.2) is 0 Å². The molecule has 2 unspecified atom stereocenters. The van der Waals surface area contributed by atoms with E-state index in [0.29, 0.717) is 23.3 Å². The summed E-state index contributed by atoms with van der Waals surface area (Å²) in [5.41, 5.74) is 0. The number of carboxylic acids is 2. The SMILES string of the molecule is C[C@H](NC(=O)CCCCC(S)CCS)C(=O)[O-].C[C@H](NC(=O)CCCCC(S)CCS)C(=O)[O-].[NaH].[Zn+2]. The number of rotatable bonds is 18. The fraction of sp³-hybridized carbons (Fsp3) is 0.818. The van der Waals surface area contributed by atoms with Gasteiger partial charge in [-0.2, -0.15) is 50.5 Å². The van der Waals surface area contributed by atoms with Crippen LogP contribution in [0.1, 0.15) is 78.1 Å². The molecule has 0 saturated carbocycles. The summed E-state index contributed by atoms with van der Waals surface area (Å²) >= 11 is 17.0. The van der Waals surface area contributed by atoms with Crippen LogP contribution in [0, 0.1) is 0 Å². The largest absolute Gasteiger partial charge is 2.00 e. The summed E-state index contributed by atoms with van der Waals surface area (Å²) in [6.45, 7) is 2.79. The van der Waals surface area contributed by atoms with Crippen molar-refractivity contribution >= 4 is 104 Å². The average molecular weight is 646 g/mol. The van der Waals surface area contributed by atoms with E-state index >= 15 is 0 Å². The molecule has 4 atom stereocenters. The van der Waals surface area contributed by atoms with Crippen molar-refractivity contribution < 1.29 is 48.9 Å². The molecule has 0 aromatic heterocycles. The molecule has 0 aliphatic heterocycles. The van der Waals surface area contributed by atoms with E-state index < -0.39 is 24.0 Å². The molecule has 0 heterocycles. The van der Waals surface area contributed by atoms with Crippen LogP contribution in [0.2, 0.25) is 0 Å². The number of amides is 2. The monoisotopic (exact) mass is 644 g/mol. The molecule has 0 radical (unpaired) electrons. The molecule has 0 bridgehead atoms. The Balaban J connectivity index is -0.000000269. The second-order valence-electron chi connectivity index (χ2n) is 8.04. The number of hydrogen-bond acceptors (Lipinski definition) is 10. The summed E-state index contributed by atoms with van der Waals surface area (Å²) in [6, 6.07) is -1.85. The van der Waals surface area contributed by atoms with Gasteiger partial charge in [-0.3, -0.25) is 9.59 Å². The summed E-state index contributed by atoms with van der Waals surface area (Å²) in [5.74, 6) is -1.38. The third-order valence-electron chi connectivity index (χ3n) is 4.77. The zero-order valence-corrected chi connectivity index (χ0v) is 27.3. The van der Waals surface area contributed by atoms with Crippen LogP contribution in [0.25, 0.3) is 0 Å². The van der Waals surface area contributed by atoms with Crippen molar-refractivity contribution in [2.75, 3.05) is 11.5 Å². The summed E-state index contributed by atoms with van der Waals surface area (Å²) in [5, 5.41) is 26.1. The van der Waals surface area contributed by atoms with Crippen LogP contribution in [-0.2, 0) is 38.7 Å². The number of thiol groups is 4. The Kier molecular flexibility index (Phi) is 35.3. The van der Waals surface area contributed by atoms with E-state index in [1.54, 1.807) is 0 Å². The number of hydrogen-bond donors (Lipinski definition) is 6. The van der Waals surface area contributed by atoms with Crippen molar-refractivity contribution in [3.8, 4) is 0 Å². The molecular formula is C22H41N2NaO6S4Zn. The van der Waals surface area contributed by atoms with Gasteiger partial charge >= 0.3 is 49.0 Å². The maximum absolute atomic E-state index is 11.3. The number of carbonyl (C=O) groups is 4. The maximum atomic E-state index is 11.3. The van der Waals surface area contributed by atoms with Gasteiger partial charge in [0.2, 0.25) is 11.8 Å². The van der Waals surface area contributed by atoms with Crippen molar-refractivity contribution in [3.63, 3.8) is 0 Å². The van der Waals surface area contributed by atoms with Crippen molar-refractivity contribution in [1.29, 1.82) is 0 Å². The van der Waals surface area contributed by atoms with Crippen LogP contribution in [-0.4, -0.2) is 87.4 Å². The molecular weight excluding hydrogens is 605 g/mol. The molecule has 0 saturated heterocycles. The van der Waals surface area contributed by atoms with Gasteiger partial charge in [-0.1, -0.05) is 12.8 Å². The van der Waals surface area contributed by atoms with Gasteiger partial charge in [0.05, 0.1) is 24.0 Å². The summed E-state index contributed by atoms with van der Waals surface area (Å²) in [6.07, 6.45) is 7.83. The number of unbranched alkanes of at least 4 members (excludes halogenated alkanes) is 2. The smallest absolute Gasteiger partial charge is 2.00 e. The van der Waals surface area contributed by atoms with Crippen LogP contribution in [0.5, 0.6) is 0 Å². The molecule has 0 rings (SSSR count). The van der Waals surface area contributed by atoms with Crippen molar-refractivity contribution in [2.24, 2.45) is 0 Å². The number of nitrogens with one attached hydrogen (secondary N) is 2. The Labute approximate surface area is 273 Å². The number of aliphatic carboxylic acids is 2. The van der Waals surface area contributed by atoms with E-state index in [9.17, 15) is 29.4 Å². The van der Waals surface area contributed by atoms with Gasteiger partial charge in [-0.15, -0.1) is 0 Å². The molecule has 14 heteroatoms. The minimum absolute atomic E-state index is 0. The predicted molar refractivity (Wildman–Crippen MR) is 152 cm³/mol. The third kappa shape index (κ3) is 29.5. The number of carbonyl (C=O) groups excluding carboxylic acids is 4. The Morgan fingerprint density at radius 1 is 0.667 bits per heavy atom. The van der Waals surface area contributed by atoms with E-state index in [-0.39, 0.29) is 60.8 Å². The van der Waals surface area contributed by atoms with E-state index in [1.165, 1.54) is 13.8 Å². The standard InChI is InChI=1S/2C11H21NO3S2.Na.Zn.H/c2*1-8(11(14)15)12-10(13)5-3-2-4-9(17)6-7-16;;;/h2*8-9,16-17H,2-7H2,1H3,(H,12,13)(H,14,15);;;/q;;;+2;/p-2/t2*8-,9?;;;/m00.../s1. The maximum Gasteiger partial charge on any atom is 2.00 e. The first kappa shape index (κ1) is 43.9. The fourth-order valence-corrected chi connectivity index (χ4v) is 4.32. The third-order valence-corrected chi connectivity index (χ3v) is 6.32. The predicted octanol–water partition coefficient (Wildman–Crippen LogP) is 0.188. The topological polar surface area (TPSA) is 138 Å². The molecule has 36 heavy (non-hydrogen) atoms. The van der Waals surface area contributed by atoms with Gasteiger partial charge in [-0.05, 0) is 63.9 Å². The van der Waals surface area contributed by atoms with Crippen LogP contribution in [0.4, 0.5) is 0 Å². The second-order valence-corrected chi connectivity index (χ2v) is 10.4. The molecule has 0 spiro atoms. The molecule has 0 aromatic carbocycles. The first-order valence-corrected chi connectivity index (χ1v) is 13.8. The fourth-order valence-electron chi connectivity index (χ4n) is 2.66. The Morgan fingerprint density at radius 3 is 1.22 bits per heavy atom. The molecule has 0 aromatic rings. The van der Waals surface area contributed by atoms with Crippen molar-refractivity contribution in [3.05, 3.63) is 0 Å². The Hall–Kier alpha value is 0.903. The molecule has 2 N–H and O–H groups in total. The van der Waals surface area contributed by atoms with Gasteiger partial charge in [0.15, 0.2) is 0 Å². The van der Waals surface area contributed by atoms with Gasteiger partial charge in [0.1, 0.15) is 0 Å². The molecule has 2 amide bonds. The molecule has 0 fully saturated rings. The van der Waals surface area contributed by atoms with Gasteiger partial charge in [0, 0.05) is 23.3 Å². The van der Waals surface area contributed by atoms with Crippen molar-refractivity contribution in [1.82, 2.24) is 10.6 Å². The number of carboxylic acid groups (broad SMARTS) is 2. The first-order valence-electron chi connectivity index (χ1n) is 11.5. The summed E-state index contributed by atoms with van der Waals surface area (Å²) < 4.78 is 0. The van der Waals surface area contributed by atoms with E-state index in [4.69, 9.17) is 0 Å². The Morgan fingerprint density at radius 2 is 0.972 bits per heavy atom. The average Bonchev–Trinajstić information content (AvgIpc) is 2.75. The van der Waals surface area contributed by atoms with Crippen LogP contribution >= 0.6 is 50.5 Å². The normalized spacial score (nSPS) is 13.3. The second kappa shape index (κ2) is 28.9. The van der Waals surface area contributed by atoms with E-state index in [2.05, 4.69) is 61.1 Å². The minimum Gasteiger partial charge on any atom is 2.00 e. The zero-order chi connectivity index (χ0) is 26.5. The van der Waals surface area contributed by atoms with Gasteiger partial charge in [0.25, 0.3) is 0 Å². The van der Waals surface area contributed by atoms with Crippen LogP contribution in [0.3, 0.4) is 0 Å². The zero-order valence-electron chi connectivity index (χ0n) is 20.7. The summed E-state index contributed by atoms with van der Waals surface area (Å²) in [7, 11) is 0. The summed E-state index contributed by atoms with van der Waals surface area (Å²) in [4.78, 5) is 43.4. The minimum atomic E-state index is -1.26. The van der Waals surface area contributed by atoms with Crippen LogP contribution in [0.15, 0.2) is 0 Å². The quantitative estimate of drug-likeness (QED) is 0.0715. The molecule has 0 aliphatic rings.